The maximum Gasteiger partial charge on any atom is 0.177 e. The first-order chi connectivity index (χ1) is 8.68. The van der Waals surface area contributed by atoms with E-state index >= 15 is 0 Å². The van der Waals surface area contributed by atoms with Crippen LogP contribution in [0.15, 0.2) is 17.2 Å². The van der Waals surface area contributed by atoms with Gasteiger partial charge in [-0.05, 0) is 0 Å². The summed E-state index contributed by atoms with van der Waals surface area (Å²) in [7, 11) is -3.34. The van der Waals surface area contributed by atoms with Gasteiger partial charge in [-0.2, -0.15) is 0 Å². The fourth-order valence-corrected chi connectivity index (χ4v) is 2.85. The van der Waals surface area contributed by atoms with Gasteiger partial charge in [0.1, 0.15) is 11.9 Å². The number of pyridine rings is 1. The van der Waals surface area contributed by atoms with Crippen LogP contribution >= 0.6 is 0 Å². The van der Waals surface area contributed by atoms with Gasteiger partial charge in [-0.1, -0.05) is 20.8 Å². The monoisotopic (exact) mass is 285 g/mol. The van der Waals surface area contributed by atoms with E-state index in [1.54, 1.807) is 12.3 Å². The highest BCUT2D eigenvalue weighted by Crippen LogP contribution is 2.30. The van der Waals surface area contributed by atoms with Crippen molar-refractivity contribution in [3.8, 4) is 5.75 Å². The number of aromatic nitrogens is 1. The van der Waals surface area contributed by atoms with Crippen molar-refractivity contribution in [2.75, 3.05) is 19.5 Å². The molecular weight excluding hydrogens is 266 g/mol. The molecule has 5 nitrogen and oxygen atoms in total. The lowest BCUT2D eigenvalue weighted by atomic mass is 9.91. The SMILES string of the molecule is CC(C)(C)c1ncc(OC2COC2)cc1S(C)(=O)=O. The Labute approximate surface area is 113 Å². The molecule has 2 heterocycles. The van der Waals surface area contributed by atoms with Crippen LogP contribution < -0.4 is 4.74 Å². The highest BCUT2D eigenvalue weighted by Gasteiger charge is 2.27. The number of sulfone groups is 1. The predicted molar refractivity (Wildman–Crippen MR) is 71.3 cm³/mol. The van der Waals surface area contributed by atoms with Crippen LogP contribution in [0.1, 0.15) is 26.5 Å². The molecular formula is C13H19NO4S. The second-order valence-corrected chi connectivity index (χ2v) is 7.80. The number of hydrogen-bond acceptors (Lipinski definition) is 5. The van der Waals surface area contributed by atoms with Gasteiger partial charge in [-0.25, -0.2) is 8.42 Å². The number of nitrogens with zero attached hydrogens (tertiary/aromatic N) is 1. The van der Waals surface area contributed by atoms with Gasteiger partial charge in [0, 0.05) is 17.7 Å². The topological polar surface area (TPSA) is 65.5 Å². The highest BCUT2D eigenvalue weighted by molar-refractivity contribution is 7.90. The minimum absolute atomic E-state index is 0.00491. The Morgan fingerprint density at radius 2 is 2.00 bits per heavy atom. The van der Waals surface area contributed by atoms with Gasteiger partial charge in [-0.15, -0.1) is 0 Å². The first-order valence-electron chi connectivity index (χ1n) is 6.13. The van der Waals surface area contributed by atoms with Crippen molar-refractivity contribution in [1.29, 1.82) is 0 Å². The van der Waals surface area contributed by atoms with Crippen molar-refractivity contribution >= 4 is 9.84 Å². The molecule has 1 aliphatic rings. The average Bonchev–Trinajstić information content (AvgIpc) is 2.20. The summed E-state index contributed by atoms with van der Waals surface area (Å²) < 4.78 is 34.4. The Bertz CT molecular complexity index is 571. The van der Waals surface area contributed by atoms with Gasteiger partial charge >= 0.3 is 0 Å². The maximum atomic E-state index is 11.9. The van der Waals surface area contributed by atoms with Gasteiger partial charge < -0.3 is 9.47 Å². The molecule has 0 aliphatic carbocycles. The van der Waals surface area contributed by atoms with Crippen LogP contribution in [-0.2, 0) is 20.0 Å². The van der Waals surface area contributed by atoms with E-state index in [0.717, 1.165) is 0 Å². The molecule has 2 rings (SSSR count). The summed E-state index contributed by atoms with van der Waals surface area (Å²) in [5.74, 6) is 0.474. The molecule has 1 aromatic heterocycles. The van der Waals surface area contributed by atoms with Crippen LogP contribution in [0.5, 0.6) is 5.75 Å². The Kier molecular flexibility index (Phi) is 3.57. The van der Waals surface area contributed by atoms with Crippen molar-refractivity contribution < 1.29 is 17.9 Å². The fourth-order valence-electron chi connectivity index (χ4n) is 1.81. The summed E-state index contributed by atoms with van der Waals surface area (Å²) in [4.78, 5) is 4.52. The minimum Gasteiger partial charge on any atom is -0.484 e. The standard InChI is InChI=1S/C13H19NO4S/c1-13(2,3)12-11(19(4,15)16)5-9(6-14-12)18-10-7-17-8-10/h5-6,10H,7-8H2,1-4H3. The normalized spacial score (nSPS) is 17.1. The largest absolute Gasteiger partial charge is 0.484 e. The second-order valence-electron chi connectivity index (χ2n) is 5.82. The summed E-state index contributed by atoms with van der Waals surface area (Å²) in [6.45, 7) is 6.88. The molecule has 0 radical (unpaired) electrons. The zero-order chi connectivity index (χ0) is 14.3. The molecule has 1 aromatic rings. The Balaban J connectivity index is 2.41. The molecule has 0 bridgehead atoms. The molecule has 1 aliphatic heterocycles. The molecule has 19 heavy (non-hydrogen) atoms. The van der Waals surface area contributed by atoms with E-state index in [0.29, 0.717) is 24.7 Å². The van der Waals surface area contributed by atoms with E-state index in [2.05, 4.69) is 4.98 Å². The van der Waals surface area contributed by atoms with Crippen LogP contribution in [-0.4, -0.2) is 39.0 Å². The quantitative estimate of drug-likeness (QED) is 0.843. The summed E-state index contributed by atoms with van der Waals surface area (Å²) >= 11 is 0. The lowest BCUT2D eigenvalue weighted by Gasteiger charge is -2.27. The van der Waals surface area contributed by atoms with Crippen molar-refractivity contribution in [2.45, 2.75) is 37.2 Å². The number of rotatable bonds is 3. The van der Waals surface area contributed by atoms with Gasteiger partial charge in [0.25, 0.3) is 0 Å². The first kappa shape index (κ1) is 14.3. The molecule has 1 fully saturated rings. The second kappa shape index (κ2) is 4.76. The third-order valence-corrected chi connectivity index (χ3v) is 3.96. The zero-order valence-electron chi connectivity index (χ0n) is 11.6. The van der Waals surface area contributed by atoms with E-state index < -0.39 is 9.84 Å². The number of ether oxygens (including phenoxy) is 2. The third-order valence-electron chi connectivity index (χ3n) is 2.85. The highest BCUT2D eigenvalue weighted by atomic mass is 32.2. The lowest BCUT2D eigenvalue weighted by molar-refractivity contribution is -0.0799. The van der Waals surface area contributed by atoms with Crippen molar-refractivity contribution in [2.24, 2.45) is 0 Å². The first-order valence-corrected chi connectivity index (χ1v) is 8.02. The van der Waals surface area contributed by atoms with E-state index in [9.17, 15) is 8.42 Å². The molecule has 0 N–H and O–H groups in total. The minimum atomic E-state index is -3.34. The summed E-state index contributed by atoms with van der Waals surface area (Å²) in [6, 6.07) is 1.56. The van der Waals surface area contributed by atoms with Gasteiger partial charge in [0.05, 0.1) is 30.0 Å². The van der Waals surface area contributed by atoms with Crippen LogP contribution in [0.2, 0.25) is 0 Å². The molecule has 0 atom stereocenters. The summed E-state index contributed by atoms with van der Waals surface area (Å²) in [5, 5.41) is 0. The fraction of sp³-hybridized carbons (Fsp3) is 0.615. The van der Waals surface area contributed by atoms with Gasteiger partial charge in [0.15, 0.2) is 9.84 Å². The average molecular weight is 285 g/mol. The van der Waals surface area contributed by atoms with Crippen LogP contribution in [0.3, 0.4) is 0 Å². The van der Waals surface area contributed by atoms with Gasteiger partial charge in [0.2, 0.25) is 0 Å². The Morgan fingerprint density at radius 3 is 2.42 bits per heavy atom. The van der Waals surface area contributed by atoms with Crippen LogP contribution in [0, 0.1) is 0 Å². The van der Waals surface area contributed by atoms with Crippen molar-refractivity contribution in [3.05, 3.63) is 18.0 Å². The number of hydrogen-bond donors (Lipinski definition) is 0. The summed E-state index contributed by atoms with van der Waals surface area (Å²) in [6.07, 6.45) is 2.76. The summed E-state index contributed by atoms with van der Waals surface area (Å²) in [5.41, 5.74) is 0.225. The van der Waals surface area contributed by atoms with Crippen LogP contribution in [0.25, 0.3) is 0 Å². The maximum absolute atomic E-state index is 11.9. The Hall–Kier alpha value is -1.14. The van der Waals surface area contributed by atoms with E-state index in [-0.39, 0.29) is 16.4 Å². The van der Waals surface area contributed by atoms with E-state index in [1.807, 2.05) is 20.8 Å². The molecule has 0 aromatic carbocycles. The molecule has 1 saturated heterocycles. The molecule has 0 unspecified atom stereocenters. The predicted octanol–water partition coefficient (Wildman–Crippen LogP) is 1.56. The Morgan fingerprint density at radius 1 is 1.37 bits per heavy atom. The molecule has 0 amide bonds. The smallest absolute Gasteiger partial charge is 0.177 e. The van der Waals surface area contributed by atoms with E-state index in [1.165, 1.54) is 6.26 Å². The molecule has 0 saturated carbocycles. The zero-order valence-corrected chi connectivity index (χ0v) is 12.5. The molecule has 6 heteroatoms. The van der Waals surface area contributed by atoms with E-state index in [4.69, 9.17) is 9.47 Å². The van der Waals surface area contributed by atoms with Crippen molar-refractivity contribution in [1.82, 2.24) is 4.98 Å². The third kappa shape index (κ3) is 3.25. The van der Waals surface area contributed by atoms with Crippen LogP contribution in [0.4, 0.5) is 0 Å². The molecule has 106 valence electrons. The van der Waals surface area contributed by atoms with Crippen molar-refractivity contribution in [3.63, 3.8) is 0 Å². The molecule has 0 spiro atoms. The lowest BCUT2D eigenvalue weighted by Crippen LogP contribution is -2.38. The van der Waals surface area contributed by atoms with Gasteiger partial charge in [-0.3, -0.25) is 4.98 Å².